The number of rotatable bonds is 7. The zero-order valence-corrected chi connectivity index (χ0v) is 19.3. The molecule has 2 aromatic carbocycles. The summed E-state index contributed by atoms with van der Waals surface area (Å²) in [6.07, 6.45) is 3.78. The van der Waals surface area contributed by atoms with Gasteiger partial charge in [0.1, 0.15) is 23.4 Å². The molecule has 0 aliphatic heterocycles. The highest BCUT2D eigenvalue weighted by molar-refractivity contribution is 7.99. The number of nitrogens with one attached hydrogen (secondary N) is 2. The molecule has 0 saturated heterocycles. The molecule has 0 aliphatic carbocycles. The van der Waals surface area contributed by atoms with Crippen LogP contribution in [-0.4, -0.2) is 24.7 Å². The molecule has 8 nitrogen and oxygen atoms in total. The van der Waals surface area contributed by atoms with Gasteiger partial charge in [-0.15, -0.1) is 0 Å². The van der Waals surface area contributed by atoms with E-state index in [1.54, 1.807) is 0 Å². The molecule has 0 spiro atoms. The second kappa shape index (κ2) is 9.90. The Bertz CT molecular complexity index is 1590. The van der Waals surface area contributed by atoms with Gasteiger partial charge < -0.3 is 24.5 Å². The van der Waals surface area contributed by atoms with Gasteiger partial charge in [-0.3, -0.25) is 9.36 Å². The third kappa shape index (κ3) is 5.21. The summed E-state index contributed by atoms with van der Waals surface area (Å²) in [7, 11) is -4.53. The fourth-order valence-corrected chi connectivity index (χ4v) is 4.45. The van der Waals surface area contributed by atoms with Crippen molar-refractivity contribution in [2.45, 2.75) is 16.4 Å². The van der Waals surface area contributed by atoms with Crippen LogP contribution in [0.15, 0.2) is 51.1 Å². The van der Waals surface area contributed by atoms with E-state index in [1.807, 2.05) is 0 Å². The maximum Gasteiger partial charge on any atom is 0.349 e. The van der Waals surface area contributed by atoms with E-state index in [0.29, 0.717) is 21.1 Å². The van der Waals surface area contributed by atoms with E-state index < -0.39 is 54.4 Å². The molecule has 4 N–H and O–H groups in total. The SMILES string of the molecule is O=c1[nH]cnc2c(Sc3cc(OCc4c(F)c(F)c(F)c(F)c4F)ccc3/C=C/P(=O)(O)O)c[nH]c12. The number of hydrogen-bond donors (Lipinski definition) is 4. The standard InChI is InChI=1S/C21H13F5N3O5PS/c22-14-11(15(23)17(25)18(26)16(14)24)7-34-10-2-1-9(3-4-35(31,32)33)12(5-10)36-13-6-27-20-19(13)28-8-29-21(20)30/h1-6,8,27H,7H2,(H,28,29,30)(H2,31,32,33)/b4-3+. The van der Waals surface area contributed by atoms with Crippen LogP contribution in [0.5, 0.6) is 5.75 Å². The molecule has 0 saturated carbocycles. The molecule has 2 heterocycles. The van der Waals surface area contributed by atoms with Crippen molar-refractivity contribution in [3.63, 3.8) is 0 Å². The Morgan fingerprint density at radius 2 is 1.67 bits per heavy atom. The Morgan fingerprint density at radius 1 is 1.00 bits per heavy atom. The van der Waals surface area contributed by atoms with Crippen LogP contribution >= 0.6 is 19.4 Å². The van der Waals surface area contributed by atoms with E-state index >= 15 is 0 Å². The maximum absolute atomic E-state index is 14.0. The highest BCUT2D eigenvalue weighted by Crippen LogP contribution is 2.40. The molecule has 0 bridgehead atoms. The lowest BCUT2D eigenvalue weighted by atomic mass is 10.1. The molecule has 188 valence electrons. The average Bonchev–Trinajstić information content (AvgIpc) is 3.24. The summed E-state index contributed by atoms with van der Waals surface area (Å²) in [4.78, 5) is 40.2. The van der Waals surface area contributed by atoms with Crippen LogP contribution in [0.3, 0.4) is 0 Å². The first-order valence-corrected chi connectivity index (χ1v) is 12.2. The predicted molar refractivity (Wildman–Crippen MR) is 119 cm³/mol. The normalized spacial score (nSPS) is 12.1. The number of nitrogens with zero attached hydrogens (tertiary/aromatic N) is 1. The van der Waals surface area contributed by atoms with Gasteiger partial charge in [-0.1, -0.05) is 17.8 Å². The summed E-state index contributed by atoms with van der Waals surface area (Å²) in [6.45, 7) is -1.00. The van der Waals surface area contributed by atoms with Crippen molar-refractivity contribution >= 4 is 36.5 Å². The van der Waals surface area contributed by atoms with Gasteiger partial charge in [-0.25, -0.2) is 26.9 Å². The molecular weight excluding hydrogens is 532 g/mol. The van der Waals surface area contributed by atoms with Gasteiger partial charge in [0, 0.05) is 16.9 Å². The van der Waals surface area contributed by atoms with Crippen molar-refractivity contribution in [2.24, 2.45) is 0 Å². The first-order chi connectivity index (χ1) is 17.0. The van der Waals surface area contributed by atoms with Gasteiger partial charge in [0.15, 0.2) is 23.3 Å². The molecule has 0 fully saturated rings. The number of H-pyrrole nitrogens is 2. The number of aromatic amines is 2. The molecule has 0 amide bonds. The van der Waals surface area contributed by atoms with E-state index in [4.69, 9.17) is 14.5 Å². The summed E-state index contributed by atoms with van der Waals surface area (Å²) >= 11 is 1.01. The highest BCUT2D eigenvalue weighted by atomic mass is 32.2. The van der Waals surface area contributed by atoms with Gasteiger partial charge in [0.2, 0.25) is 5.82 Å². The Morgan fingerprint density at radius 3 is 2.33 bits per heavy atom. The number of ether oxygens (including phenoxy) is 1. The molecule has 0 unspecified atom stereocenters. The third-order valence-corrected chi connectivity index (χ3v) is 6.41. The molecule has 2 aromatic heterocycles. The number of fused-ring (bicyclic) bond motifs is 1. The Labute approximate surface area is 202 Å². The summed E-state index contributed by atoms with van der Waals surface area (Å²) < 4.78 is 84.7. The van der Waals surface area contributed by atoms with Crippen LogP contribution in [0.2, 0.25) is 0 Å². The molecule has 0 radical (unpaired) electrons. The van der Waals surface area contributed by atoms with E-state index in [9.17, 15) is 31.3 Å². The number of benzene rings is 2. The van der Waals surface area contributed by atoms with E-state index in [-0.39, 0.29) is 16.8 Å². The largest absolute Gasteiger partial charge is 0.489 e. The van der Waals surface area contributed by atoms with Gasteiger partial charge in [0.25, 0.3) is 5.56 Å². The summed E-state index contributed by atoms with van der Waals surface area (Å²) in [5.74, 6) is -9.97. The van der Waals surface area contributed by atoms with Crippen molar-refractivity contribution in [1.29, 1.82) is 0 Å². The van der Waals surface area contributed by atoms with Crippen LogP contribution in [0, 0.1) is 29.1 Å². The minimum atomic E-state index is -4.53. The molecule has 4 rings (SSSR count). The molecular formula is C21H13F5N3O5PS. The van der Waals surface area contributed by atoms with Crippen LogP contribution in [0.1, 0.15) is 11.1 Å². The van der Waals surface area contributed by atoms with Gasteiger partial charge >= 0.3 is 7.60 Å². The van der Waals surface area contributed by atoms with Crippen molar-refractivity contribution in [3.8, 4) is 5.75 Å². The third-order valence-electron chi connectivity index (χ3n) is 4.77. The first-order valence-electron chi connectivity index (χ1n) is 9.70. The molecule has 15 heteroatoms. The molecule has 36 heavy (non-hydrogen) atoms. The average molecular weight is 545 g/mol. The molecule has 0 aliphatic rings. The smallest absolute Gasteiger partial charge is 0.349 e. The van der Waals surface area contributed by atoms with Crippen molar-refractivity contribution in [1.82, 2.24) is 15.0 Å². The predicted octanol–water partition coefficient (Wildman–Crippen LogP) is 4.83. The van der Waals surface area contributed by atoms with Crippen LogP contribution in [0.4, 0.5) is 22.0 Å². The Balaban J connectivity index is 1.70. The lowest BCUT2D eigenvalue weighted by Crippen LogP contribution is -2.09. The van der Waals surface area contributed by atoms with Gasteiger partial charge in [0.05, 0.1) is 16.8 Å². The maximum atomic E-state index is 14.0. The monoisotopic (exact) mass is 545 g/mol. The van der Waals surface area contributed by atoms with Crippen molar-refractivity contribution in [3.05, 3.63) is 87.1 Å². The van der Waals surface area contributed by atoms with Crippen molar-refractivity contribution in [2.75, 3.05) is 0 Å². The lowest BCUT2D eigenvalue weighted by molar-refractivity contribution is 0.278. The van der Waals surface area contributed by atoms with Crippen LogP contribution in [0.25, 0.3) is 17.1 Å². The second-order valence-corrected chi connectivity index (χ2v) is 9.71. The van der Waals surface area contributed by atoms with E-state index in [2.05, 4.69) is 15.0 Å². The van der Waals surface area contributed by atoms with E-state index in [1.165, 1.54) is 30.7 Å². The summed E-state index contributed by atoms with van der Waals surface area (Å²) in [6, 6.07) is 3.95. The number of hydrogen-bond acceptors (Lipinski definition) is 5. The summed E-state index contributed by atoms with van der Waals surface area (Å²) in [5, 5.41) is 0. The van der Waals surface area contributed by atoms with Gasteiger partial charge in [-0.05, 0) is 23.8 Å². The highest BCUT2D eigenvalue weighted by Gasteiger charge is 2.26. The fourth-order valence-electron chi connectivity index (χ4n) is 3.06. The van der Waals surface area contributed by atoms with Crippen LogP contribution < -0.4 is 10.3 Å². The number of halogens is 5. The topological polar surface area (TPSA) is 128 Å². The quantitative estimate of drug-likeness (QED) is 0.113. The number of aromatic nitrogens is 3. The molecule has 0 atom stereocenters. The zero-order valence-electron chi connectivity index (χ0n) is 17.6. The van der Waals surface area contributed by atoms with Crippen LogP contribution in [-0.2, 0) is 11.2 Å². The van der Waals surface area contributed by atoms with Crippen molar-refractivity contribution < 1.29 is 41.0 Å². The second-order valence-electron chi connectivity index (χ2n) is 7.15. The molecule has 4 aromatic rings. The minimum Gasteiger partial charge on any atom is -0.489 e. The van der Waals surface area contributed by atoms with E-state index in [0.717, 1.165) is 17.8 Å². The minimum absolute atomic E-state index is 0.0552. The Hall–Kier alpha value is -3.45. The fraction of sp³-hybridized carbons (Fsp3) is 0.0476. The Kier molecular flexibility index (Phi) is 7.05. The lowest BCUT2D eigenvalue weighted by Gasteiger charge is -2.12. The summed E-state index contributed by atoms with van der Waals surface area (Å²) in [5.41, 5.74) is -0.863. The zero-order chi connectivity index (χ0) is 26.2. The van der Waals surface area contributed by atoms with Gasteiger partial charge in [-0.2, -0.15) is 0 Å². The first kappa shape index (κ1) is 25.6.